The molecule has 0 aliphatic heterocycles. The average molecular weight is 933 g/mol. The monoisotopic (exact) mass is 932 g/mol. The van der Waals surface area contributed by atoms with E-state index in [9.17, 15) is 74.3 Å². The number of aliphatic carboxylic acids is 2. The molecule has 20 nitrogen and oxygen atoms in total. The van der Waals surface area contributed by atoms with Crippen molar-refractivity contribution in [2.75, 3.05) is 26.7 Å². The van der Waals surface area contributed by atoms with Gasteiger partial charge in [0.25, 0.3) is 0 Å². The van der Waals surface area contributed by atoms with Crippen LogP contribution in [-0.4, -0.2) is 125 Å². The van der Waals surface area contributed by atoms with Crippen LogP contribution < -0.4 is 37.6 Å². The lowest BCUT2D eigenvalue weighted by molar-refractivity contribution is -0.145. The second kappa shape index (κ2) is 25.7. The summed E-state index contributed by atoms with van der Waals surface area (Å²) >= 11 is 0. The van der Waals surface area contributed by atoms with Gasteiger partial charge in [0.05, 0.1) is 26.1 Å². The maximum Gasteiger partial charge on any atom is 0.305 e. The number of hydrogen-bond donors (Lipinski definition) is 9. The van der Waals surface area contributed by atoms with Crippen LogP contribution in [0.2, 0.25) is 0 Å². The van der Waals surface area contributed by atoms with Crippen molar-refractivity contribution in [1.29, 1.82) is 0 Å². The molecule has 0 aliphatic rings. The van der Waals surface area contributed by atoms with Gasteiger partial charge in [0, 0.05) is 38.3 Å². The number of unbranched alkanes of at least 4 members (excludes halogenated alkanes) is 1. The molecule has 0 radical (unpaired) electrons. The number of carbonyl (C=O) groups is 10. The Balaban J connectivity index is 2.36. The van der Waals surface area contributed by atoms with E-state index in [1.807, 2.05) is 10.6 Å². The van der Waals surface area contributed by atoms with Gasteiger partial charge < -0.3 is 52.7 Å². The van der Waals surface area contributed by atoms with Gasteiger partial charge >= 0.3 is 11.9 Å². The second-order valence-corrected chi connectivity index (χ2v) is 14.1. The molecule has 2 aromatic carbocycles. The molecule has 0 saturated heterocycles. The van der Waals surface area contributed by atoms with E-state index in [1.165, 1.54) is 12.1 Å². The van der Waals surface area contributed by atoms with Gasteiger partial charge in [-0.1, -0.05) is 31.5 Å². The number of likely N-dealkylation sites (N-methyl/N-ethyl adjacent to an activating group) is 1. The molecule has 10 N–H and O–H groups in total. The minimum absolute atomic E-state index is 0.0160. The van der Waals surface area contributed by atoms with Crippen molar-refractivity contribution in [3.8, 4) is 0 Å². The number of carboxylic acid groups (broad SMARTS) is 2. The van der Waals surface area contributed by atoms with Crippen molar-refractivity contribution in [3.63, 3.8) is 0 Å². The highest BCUT2D eigenvalue weighted by atomic mass is 19.2. The number of amides is 8. The van der Waals surface area contributed by atoms with Crippen LogP contribution in [0, 0.1) is 34.9 Å². The summed E-state index contributed by atoms with van der Waals surface area (Å²) in [4.78, 5) is 125. The zero-order chi connectivity index (χ0) is 49.1. The highest BCUT2D eigenvalue weighted by Crippen LogP contribution is 2.24. The SMILES string of the molecule is CCCCC(=O)N[C@@H](CCC(=O)O)C(=O)NCC(=O)NCC(=O)N[C@@H](Cc1c(F)c(F)c(F)c(F)c1F)C(=O)N[C@@H](Cc1ccccc1F)C(=O)NCC(=O)N(C)C(CC(=O)O)C(N)=O. The number of nitrogens with zero attached hydrogens (tertiary/aromatic N) is 1. The van der Waals surface area contributed by atoms with Crippen LogP contribution in [0.15, 0.2) is 24.3 Å². The molecule has 2 rings (SSSR count). The molecule has 0 spiro atoms. The van der Waals surface area contributed by atoms with E-state index in [0.29, 0.717) is 17.7 Å². The van der Waals surface area contributed by atoms with Gasteiger partial charge in [-0.3, -0.25) is 47.9 Å². The zero-order valence-electron chi connectivity index (χ0n) is 34.7. The zero-order valence-corrected chi connectivity index (χ0v) is 34.7. The van der Waals surface area contributed by atoms with E-state index in [1.54, 1.807) is 6.92 Å². The lowest BCUT2D eigenvalue weighted by Gasteiger charge is -2.26. The molecule has 0 fully saturated rings. The molecule has 4 atom stereocenters. The van der Waals surface area contributed by atoms with Crippen LogP contribution in [-0.2, 0) is 60.8 Å². The molecule has 0 aromatic heterocycles. The van der Waals surface area contributed by atoms with Crippen LogP contribution in [0.1, 0.15) is 56.6 Å². The number of nitrogens with two attached hydrogens (primary N) is 1. The van der Waals surface area contributed by atoms with Gasteiger partial charge in [-0.2, -0.15) is 0 Å². The Morgan fingerprint density at radius 2 is 1.17 bits per heavy atom. The molecule has 0 bridgehead atoms. The van der Waals surface area contributed by atoms with Gasteiger partial charge in [0.15, 0.2) is 23.3 Å². The van der Waals surface area contributed by atoms with Crippen LogP contribution in [0.4, 0.5) is 26.3 Å². The molecule has 0 saturated carbocycles. The molecule has 65 heavy (non-hydrogen) atoms. The van der Waals surface area contributed by atoms with Crippen molar-refractivity contribution in [2.45, 2.75) is 82.5 Å². The number of carbonyl (C=O) groups excluding carboxylic acids is 8. The van der Waals surface area contributed by atoms with Crippen molar-refractivity contribution in [3.05, 3.63) is 70.3 Å². The fraction of sp³-hybridized carbons (Fsp3) is 0.436. The minimum atomic E-state index is -2.57. The number of rotatable bonds is 26. The quantitative estimate of drug-likeness (QED) is 0.0310. The first kappa shape index (κ1) is 53.9. The van der Waals surface area contributed by atoms with E-state index >= 15 is 0 Å². The Kier molecular flexibility index (Phi) is 21.3. The van der Waals surface area contributed by atoms with E-state index in [0.717, 1.165) is 19.2 Å². The lowest BCUT2D eigenvalue weighted by atomic mass is 10.0. The Morgan fingerprint density at radius 3 is 1.74 bits per heavy atom. The molecule has 1 unspecified atom stereocenters. The summed E-state index contributed by atoms with van der Waals surface area (Å²) in [6, 6.07) is -2.70. The average Bonchev–Trinajstić information content (AvgIpc) is 3.25. The second-order valence-electron chi connectivity index (χ2n) is 14.1. The maximum absolute atomic E-state index is 14.9. The third kappa shape index (κ3) is 17.1. The standard InChI is InChI=1S/C39H46F6N8O12/c1-3-4-9-25(54)50-21(10-11-29(58)59)37(63)48-15-26(55)47-16-27(56)51-23(13-19-31(41)33(43)35(45)34(44)32(19)42)39(65)52-22(12-18-7-5-6-8-20(18)40)38(64)49-17-28(57)53(2)24(36(46)62)14-30(60)61/h5-8,21-24H,3-4,9-17H2,1-2H3,(H2,46,62)(H,47,55)(H,48,63)(H,49,64)(H,50,54)(H,51,56)(H,52,65)(H,58,59)(H,60,61)/t21-,22-,23-,24?/m0/s1. The fourth-order valence-corrected chi connectivity index (χ4v) is 5.70. The number of carboxylic acids is 2. The summed E-state index contributed by atoms with van der Waals surface area (Å²) < 4.78 is 86.8. The topological polar surface area (TPSA) is 313 Å². The highest BCUT2D eigenvalue weighted by Gasteiger charge is 2.34. The third-order valence-electron chi connectivity index (χ3n) is 9.27. The van der Waals surface area contributed by atoms with Crippen LogP contribution in [0.25, 0.3) is 0 Å². The Hall–Kier alpha value is -7.28. The van der Waals surface area contributed by atoms with E-state index in [-0.39, 0.29) is 18.4 Å². The van der Waals surface area contributed by atoms with Gasteiger partial charge in [0.1, 0.15) is 30.0 Å². The number of benzene rings is 2. The molecule has 0 aliphatic carbocycles. The molecule has 2 aromatic rings. The number of nitrogens with one attached hydrogen (secondary N) is 6. The van der Waals surface area contributed by atoms with Crippen LogP contribution in [0.3, 0.4) is 0 Å². The third-order valence-corrected chi connectivity index (χ3v) is 9.27. The van der Waals surface area contributed by atoms with Gasteiger partial charge in [-0.15, -0.1) is 0 Å². The lowest BCUT2D eigenvalue weighted by Crippen LogP contribution is -2.57. The summed E-state index contributed by atoms with van der Waals surface area (Å²) in [5.41, 5.74) is 3.31. The number of hydrogen-bond acceptors (Lipinski definition) is 10. The number of halogens is 6. The Labute approximate surface area is 365 Å². The summed E-state index contributed by atoms with van der Waals surface area (Å²) in [6.45, 7) is -1.16. The van der Waals surface area contributed by atoms with Crippen molar-refractivity contribution in [1.82, 2.24) is 36.8 Å². The van der Waals surface area contributed by atoms with E-state index in [4.69, 9.17) is 15.9 Å². The summed E-state index contributed by atoms with van der Waals surface area (Å²) in [5.74, 6) is -25.2. The Morgan fingerprint density at radius 1 is 0.631 bits per heavy atom. The molecule has 26 heteroatoms. The van der Waals surface area contributed by atoms with E-state index < -0.39 is 169 Å². The smallest absolute Gasteiger partial charge is 0.305 e. The largest absolute Gasteiger partial charge is 0.481 e. The minimum Gasteiger partial charge on any atom is -0.481 e. The van der Waals surface area contributed by atoms with Gasteiger partial charge in [-0.25, -0.2) is 26.3 Å². The molecular formula is C39H46F6N8O12. The van der Waals surface area contributed by atoms with Crippen molar-refractivity contribution < 1.29 is 84.5 Å². The van der Waals surface area contributed by atoms with Crippen molar-refractivity contribution in [2.24, 2.45) is 5.73 Å². The fourth-order valence-electron chi connectivity index (χ4n) is 5.70. The highest BCUT2D eigenvalue weighted by molar-refractivity contribution is 5.96. The van der Waals surface area contributed by atoms with Crippen LogP contribution in [0.5, 0.6) is 0 Å². The first-order valence-electron chi connectivity index (χ1n) is 19.4. The molecule has 0 heterocycles. The first-order chi connectivity index (χ1) is 30.5. The summed E-state index contributed by atoms with van der Waals surface area (Å²) in [7, 11) is 0.980. The summed E-state index contributed by atoms with van der Waals surface area (Å²) in [6.07, 6.45) is -2.98. The molecule has 356 valence electrons. The van der Waals surface area contributed by atoms with Crippen molar-refractivity contribution >= 4 is 59.2 Å². The van der Waals surface area contributed by atoms with Crippen LogP contribution >= 0.6 is 0 Å². The first-order valence-corrected chi connectivity index (χ1v) is 19.4. The molecule has 8 amide bonds. The van der Waals surface area contributed by atoms with Gasteiger partial charge in [0.2, 0.25) is 53.1 Å². The maximum atomic E-state index is 14.9. The van der Waals surface area contributed by atoms with E-state index in [2.05, 4.69) is 21.3 Å². The Bertz CT molecular complexity index is 2120. The molecular weight excluding hydrogens is 886 g/mol. The summed E-state index contributed by atoms with van der Waals surface area (Å²) in [5, 5.41) is 30.6. The number of primary amides is 1. The van der Waals surface area contributed by atoms with Gasteiger partial charge in [-0.05, 0) is 24.5 Å². The predicted octanol–water partition coefficient (Wildman–Crippen LogP) is -1.05. The predicted molar refractivity (Wildman–Crippen MR) is 209 cm³/mol. The normalized spacial score (nSPS) is 12.6.